The van der Waals surface area contributed by atoms with Gasteiger partial charge in [-0.1, -0.05) is 18.2 Å². The van der Waals surface area contributed by atoms with E-state index in [0.29, 0.717) is 34.8 Å². The zero-order chi connectivity index (χ0) is 19.6. The monoisotopic (exact) mass is 375 g/mol. The van der Waals surface area contributed by atoms with Gasteiger partial charge in [-0.25, -0.2) is 4.79 Å². The maximum absolute atomic E-state index is 12.8. The summed E-state index contributed by atoms with van der Waals surface area (Å²) in [6.07, 6.45) is 3.92. The fourth-order valence-electron chi connectivity index (χ4n) is 2.70. The van der Waals surface area contributed by atoms with Crippen LogP contribution in [-0.4, -0.2) is 16.1 Å². The van der Waals surface area contributed by atoms with Gasteiger partial charge in [0, 0.05) is 17.5 Å². The Kier molecular flexibility index (Phi) is 4.94. The lowest BCUT2D eigenvalue weighted by molar-refractivity contribution is -0.137. The maximum Gasteiger partial charge on any atom is 0.417 e. The van der Waals surface area contributed by atoms with Crippen LogP contribution in [0, 0.1) is 6.92 Å². The van der Waals surface area contributed by atoms with E-state index < -0.39 is 17.7 Å². The smallest absolute Gasteiger partial charge is 0.417 e. The molecule has 1 aromatic carbocycles. The molecule has 0 bridgehead atoms. The van der Waals surface area contributed by atoms with Crippen molar-refractivity contribution in [3.8, 4) is 5.75 Å². The number of H-pyrrole nitrogens is 1. The molecule has 140 valence electrons. The highest BCUT2D eigenvalue weighted by molar-refractivity contribution is 5.90. The number of benzene rings is 1. The first kappa shape index (κ1) is 18.6. The number of halogens is 3. The van der Waals surface area contributed by atoms with Crippen molar-refractivity contribution in [1.29, 1.82) is 0 Å². The Labute approximate surface area is 153 Å². The van der Waals surface area contributed by atoms with Crippen LogP contribution in [0.15, 0.2) is 60.5 Å². The number of rotatable bonds is 4. The van der Waals surface area contributed by atoms with Gasteiger partial charge in [0.05, 0.1) is 11.1 Å². The van der Waals surface area contributed by atoms with E-state index in [1.54, 1.807) is 37.3 Å². The number of allylic oxidation sites excluding steroid dienone is 5. The zero-order valence-electron chi connectivity index (χ0n) is 14.3. The molecule has 0 amide bonds. The Balaban J connectivity index is 1.90. The van der Waals surface area contributed by atoms with Crippen molar-refractivity contribution in [3.63, 3.8) is 0 Å². The fourth-order valence-corrected chi connectivity index (χ4v) is 2.70. The first-order chi connectivity index (χ1) is 12.8. The number of nitrogens with one attached hydrogen (secondary N) is 1. The molecule has 0 saturated heterocycles. The molecule has 0 saturated carbocycles. The normalized spacial score (nSPS) is 14.4. The van der Waals surface area contributed by atoms with E-state index in [1.165, 1.54) is 6.07 Å². The number of aromatic amines is 1. The summed E-state index contributed by atoms with van der Waals surface area (Å²) in [5, 5.41) is 9.21. The summed E-state index contributed by atoms with van der Waals surface area (Å²) in [7, 11) is 0. The summed E-state index contributed by atoms with van der Waals surface area (Å²) in [4.78, 5) is 13.9. The lowest BCUT2D eigenvalue weighted by Crippen LogP contribution is -2.03. The van der Waals surface area contributed by atoms with Crippen molar-refractivity contribution < 1.29 is 27.8 Å². The standard InChI is InChI=1S/C20H16F3NO3/c1-12-16(19(25)26)7-4-8-18(12)27-15-6-3-2-5-13(9-15)17-10-14(11-24-17)20(21,22)23/h3-11,24H,2H2,1H3,(H,25,26). The molecular formula is C20H16F3NO3. The van der Waals surface area contributed by atoms with Crippen LogP contribution in [0.3, 0.4) is 0 Å². The van der Waals surface area contributed by atoms with Crippen molar-refractivity contribution >= 4 is 11.5 Å². The van der Waals surface area contributed by atoms with Gasteiger partial charge in [0.1, 0.15) is 11.5 Å². The van der Waals surface area contributed by atoms with Gasteiger partial charge in [-0.05, 0) is 49.3 Å². The largest absolute Gasteiger partial charge is 0.478 e. The molecule has 0 radical (unpaired) electrons. The van der Waals surface area contributed by atoms with Crippen molar-refractivity contribution in [1.82, 2.24) is 4.98 Å². The van der Waals surface area contributed by atoms with Crippen LogP contribution in [0.1, 0.15) is 33.6 Å². The first-order valence-corrected chi connectivity index (χ1v) is 8.11. The molecule has 2 N–H and O–H groups in total. The molecule has 3 rings (SSSR count). The number of hydrogen-bond acceptors (Lipinski definition) is 2. The Bertz CT molecular complexity index is 965. The number of carboxylic acids is 1. The molecule has 1 aromatic heterocycles. The summed E-state index contributed by atoms with van der Waals surface area (Å²) < 4.78 is 44.3. The second-order valence-electron chi connectivity index (χ2n) is 5.98. The average Bonchev–Trinajstić information content (AvgIpc) is 2.98. The van der Waals surface area contributed by atoms with Gasteiger partial charge in [0.15, 0.2) is 0 Å². The Morgan fingerprint density at radius 1 is 1.30 bits per heavy atom. The minimum absolute atomic E-state index is 0.126. The molecule has 0 atom stereocenters. The highest BCUT2D eigenvalue weighted by Crippen LogP contribution is 2.32. The quantitative estimate of drug-likeness (QED) is 0.758. The van der Waals surface area contributed by atoms with Crippen LogP contribution >= 0.6 is 0 Å². The summed E-state index contributed by atoms with van der Waals surface area (Å²) in [6, 6.07) is 5.73. The van der Waals surface area contributed by atoms with Crippen molar-refractivity contribution in [3.05, 3.63) is 82.9 Å². The molecule has 2 aromatic rings. The van der Waals surface area contributed by atoms with E-state index in [-0.39, 0.29) is 5.56 Å². The number of alkyl halides is 3. The minimum atomic E-state index is -4.42. The highest BCUT2D eigenvalue weighted by Gasteiger charge is 2.31. The Morgan fingerprint density at radius 3 is 2.74 bits per heavy atom. The molecule has 7 heteroatoms. The molecule has 0 spiro atoms. The average molecular weight is 375 g/mol. The summed E-state index contributed by atoms with van der Waals surface area (Å²) in [6.45, 7) is 1.64. The lowest BCUT2D eigenvalue weighted by atomic mass is 10.1. The van der Waals surface area contributed by atoms with E-state index in [4.69, 9.17) is 4.74 Å². The van der Waals surface area contributed by atoms with Gasteiger partial charge in [-0.3, -0.25) is 0 Å². The van der Waals surface area contributed by atoms with Crippen LogP contribution in [0.2, 0.25) is 0 Å². The summed E-state index contributed by atoms with van der Waals surface area (Å²) in [5.41, 5.74) is 0.714. The van der Waals surface area contributed by atoms with E-state index in [0.717, 1.165) is 12.3 Å². The second-order valence-corrected chi connectivity index (χ2v) is 5.98. The number of ether oxygens (including phenoxy) is 1. The van der Waals surface area contributed by atoms with Gasteiger partial charge in [-0.2, -0.15) is 13.2 Å². The third kappa shape index (κ3) is 4.13. The van der Waals surface area contributed by atoms with Crippen molar-refractivity contribution in [2.45, 2.75) is 19.5 Å². The van der Waals surface area contributed by atoms with Crippen LogP contribution < -0.4 is 4.74 Å². The van der Waals surface area contributed by atoms with Gasteiger partial charge in [-0.15, -0.1) is 0 Å². The summed E-state index contributed by atoms with van der Waals surface area (Å²) >= 11 is 0. The van der Waals surface area contributed by atoms with Crippen LogP contribution in [0.25, 0.3) is 5.57 Å². The Morgan fingerprint density at radius 2 is 2.07 bits per heavy atom. The lowest BCUT2D eigenvalue weighted by Gasteiger charge is -2.11. The zero-order valence-corrected chi connectivity index (χ0v) is 14.3. The first-order valence-electron chi connectivity index (χ1n) is 8.11. The molecule has 1 heterocycles. The van der Waals surface area contributed by atoms with Gasteiger partial charge in [0.2, 0.25) is 0 Å². The van der Waals surface area contributed by atoms with Crippen molar-refractivity contribution in [2.24, 2.45) is 0 Å². The van der Waals surface area contributed by atoms with Crippen LogP contribution in [-0.2, 0) is 6.18 Å². The molecule has 4 nitrogen and oxygen atoms in total. The van der Waals surface area contributed by atoms with Crippen LogP contribution in [0.5, 0.6) is 5.75 Å². The number of aromatic carboxylic acids is 1. The van der Waals surface area contributed by atoms with E-state index in [2.05, 4.69) is 4.98 Å². The van der Waals surface area contributed by atoms with Crippen molar-refractivity contribution in [2.75, 3.05) is 0 Å². The van der Waals surface area contributed by atoms with E-state index in [9.17, 15) is 23.1 Å². The number of carboxylic acid groups (broad SMARTS) is 1. The predicted octanol–water partition coefficient (Wildman–Crippen LogP) is 5.35. The van der Waals surface area contributed by atoms with E-state index >= 15 is 0 Å². The van der Waals surface area contributed by atoms with Gasteiger partial charge < -0.3 is 14.8 Å². The molecular weight excluding hydrogens is 359 g/mol. The van der Waals surface area contributed by atoms with Gasteiger partial charge >= 0.3 is 12.1 Å². The molecule has 0 aliphatic heterocycles. The maximum atomic E-state index is 12.8. The van der Waals surface area contributed by atoms with E-state index in [1.807, 2.05) is 6.08 Å². The molecule has 1 aliphatic rings. The fraction of sp³-hybridized carbons (Fsp3) is 0.150. The topological polar surface area (TPSA) is 62.3 Å². The SMILES string of the molecule is Cc1c(OC2=CC(c3cc(C(F)(F)F)c[nH]3)=CCC=C2)cccc1C(=O)O. The minimum Gasteiger partial charge on any atom is -0.478 e. The molecule has 27 heavy (non-hydrogen) atoms. The molecule has 1 aliphatic carbocycles. The Hall–Kier alpha value is -3.22. The second kappa shape index (κ2) is 7.19. The third-order valence-corrected chi connectivity index (χ3v) is 4.12. The molecule has 0 fully saturated rings. The summed E-state index contributed by atoms with van der Waals surface area (Å²) in [5.74, 6) is -0.294. The van der Waals surface area contributed by atoms with Crippen LogP contribution in [0.4, 0.5) is 13.2 Å². The highest BCUT2D eigenvalue weighted by atomic mass is 19.4. The number of hydrogen-bond donors (Lipinski definition) is 2. The van der Waals surface area contributed by atoms with Gasteiger partial charge in [0.25, 0.3) is 0 Å². The number of aromatic nitrogens is 1. The number of carbonyl (C=O) groups is 1. The molecule has 0 unspecified atom stereocenters. The third-order valence-electron chi connectivity index (χ3n) is 4.12. The predicted molar refractivity (Wildman–Crippen MR) is 94.4 cm³/mol.